The van der Waals surface area contributed by atoms with Gasteiger partial charge in [0.05, 0.1) is 5.52 Å². The number of hydrogen-bond acceptors (Lipinski definition) is 0. The Morgan fingerprint density at radius 1 is 1.21 bits per heavy atom. The predicted octanol–water partition coefficient (Wildman–Crippen LogP) is 4.11. The first-order valence-electron chi connectivity index (χ1n) is 4.72. The van der Waals surface area contributed by atoms with E-state index in [1.54, 1.807) is 0 Å². The molecule has 0 saturated heterocycles. The molecule has 0 spiro atoms. The molecule has 0 amide bonds. The topological polar surface area (TPSA) is 4.93 Å². The van der Waals surface area contributed by atoms with E-state index in [1.165, 1.54) is 38.3 Å². The number of rotatable bonds is 0. The Kier molecular flexibility index (Phi) is 1.99. The standard InChI is InChI=1S/C11H9Br2N/c12-8-4-7-2-1-3-14-6-10(13)9(5-8)11(7)14/h4-6H,1-3H2. The van der Waals surface area contributed by atoms with Crippen molar-refractivity contribution in [2.24, 2.45) is 0 Å². The number of benzene rings is 1. The van der Waals surface area contributed by atoms with Crippen LogP contribution in [0.1, 0.15) is 12.0 Å². The highest BCUT2D eigenvalue weighted by Crippen LogP contribution is 2.34. The van der Waals surface area contributed by atoms with Gasteiger partial charge >= 0.3 is 0 Å². The molecule has 0 radical (unpaired) electrons. The second-order valence-corrected chi connectivity index (χ2v) is 5.51. The summed E-state index contributed by atoms with van der Waals surface area (Å²) >= 11 is 7.17. The molecule has 1 aromatic carbocycles. The summed E-state index contributed by atoms with van der Waals surface area (Å²) in [6.07, 6.45) is 4.64. The quantitative estimate of drug-likeness (QED) is 0.689. The Hall–Kier alpha value is -0.280. The normalized spacial score (nSPS) is 15.0. The maximum absolute atomic E-state index is 3.61. The number of aryl methyl sites for hydroxylation is 2. The van der Waals surface area contributed by atoms with Crippen LogP contribution in [0.4, 0.5) is 0 Å². The fraction of sp³-hybridized carbons (Fsp3) is 0.273. The molecule has 0 fully saturated rings. The Morgan fingerprint density at radius 2 is 2.07 bits per heavy atom. The molecule has 3 heteroatoms. The molecular formula is C11H9Br2N. The van der Waals surface area contributed by atoms with Gasteiger partial charge in [0.2, 0.25) is 0 Å². The first-order chi connectivity index (χ1) is 6.75. The van der Waals surface area contributed by atoms with Crippen LogP contribution in [-0.2, 0) is 13.0 Å². The highest BCUT2D eigenvalue weighted by atomic mass is 79.9. The molecule has 1 aliphatic rings. The lowest BCUT2D eigenvalue weighted by atomic mass is 10.0. The van der Waals surface area contributed by atoms with Gasteiger partial charge in [-0.25, -0.2) is 0 Å². The zero-order chi connectivity index (χ0) is 9.71. The van der Waals surface area contributed by atoms with Crippen LogP contribution in [0.25, 0.3) is 10.9 Å². The van der Waals surface area contributed by atoms with E-state index >= 15 is 0 Å². The first-order valence-corrected chi connectivity index (χ1v) is 6.31. The summed E-state index contributed by atoms with van der Waals surface area (Å²) in [6.45, 7) is 1.15. The maximum Gasteiger partial charge on any atom is 0.0525 e. The smallest absolute Gasteiger partial charge is 0.0525 e. The van der Waals surface area contributed by atoms with E-state index < -0.39 is 0 Å². The SMILES string of the molecule is Brc1cc2c3c(c1)c(Br)cn3CCC2. The van der Waals surface area contributed by atoms with Gasteiger partial charge in [0.1, 0.15) is 0 Å². The zero-order valence-electron chi connectivity index (χ0n) is 7.56. The summed E-state index contributed by atoms with van der Waals surface area (Å²) in [5.41, 5.74) is 2.87. The maximum atomic E-state index is 3.61. The van der Waals surface area contributed by atoms with E-state index in [4.69, 9.17) is 0 Å². The van der Waals surface area contributed by atoms with Gasteiger partial charge < -0.3 is 4.57 Å². The van der Waals surface area contributed by atoms with Crippen molar-refractivity contribution in [2.75, 3.05) is 0 Å². The molecule has 0 atom stereocenters. The van der Waals surface area contributed by atoms with Gasteiger partial charge in [-0.3, -0.25) is 0 Å². The molecule has 0 saturated carbocycles. The van der Waals surface area contributed by atoms with Crippen LogP contribution >= 0.6 is 31.9 Å². The van der Waals surface area contributed by atoms with E-state index in [0.29, 0.717) is 0 Å². The third kappa shape index (κ3) is 1.18. The lowest BCUT2D eigenvalue weighted by Crippen LogP contribution is -2.06. The molecule has 14 heavy (non-hydrogen) atoms. The van der Waals surface area contributed by atoms with Crippen LogP contribution in [0.15, 0.2) is 27.3 Å². The second kappa shape index (κ2) is 3.11. The van der Waals surface area contributed by atoms with E-state index in [1.807, 2.05) is 0 Å². The number of hydrogen-bond donors (Lipinski definition) is 0. The highest BCUT2D eigenvalue weighted by Gasteiger charge is 2.15. The van der Waals surface area contributed by atoms with Gasteiger partial charge in [-0.05, 0) is 46.5 Å². The molecule has 0 unspecified atom stereocenters. The van der Waals surface area contributed by atoms with Crippen LogP contribution < -0.4 is 0 Å². The number of halogens is 2. The Labute approximate surface area is 99.4 Å². The van der Waals surface area contributed by atoms with Gasteiger partial charge in [-0.15, -0.1) is 0 Å². The van der Waals surface area contributed by atoms with Crippen molar-refractivity contribution in [1.29, 1.82) is 0 Å². The molecule has 1 aromatic heterocycles. The summed E-state index contributed by atoms with van der Waals surface area (Å²) in [5.74, 6) is 0. The average Bonchev–Trinajstić information content (AvgIpc) is 2.45. The predicted molar refractivity (Wildman–Crippen MR) is 65.7 cm³/mol. The Balaban J connectivity index is 2.49. The molecule has 72 valence electrons. The van der Waals surface area contributed by atoms with E-state index in [9.17, 15) is 0 Å². The first kappa shape index (κ1) is 8.98. The van der Waals surface area contributed by atoms with Crippen molar-refractivity contribution in [3.63, 3.8) is 0 Å². The average molecular weight is 315 g/mol. The minimum atomic E-state index is 1.15. The Morgan fingerprint density at radius 3 is 2.93 bits per heavy atom. The third-order valence-corrected chi connectivity index (χ3v) is 3.90. The fourth-order valence-electron chi connectivity index (χ4n) is 2.25. The monoisotopic (exact) mass is 313 g/mol. The summed E-state index contributed by atoms with van der Waals surface area (Å²) in [6, 6.07) is 4.43. The van der Waals surface area contributed by atoms with Gasteiger partial charge in [-0.2, -0.15) is 0 Å². The van der Waals surface area contributed by atoms with Crippen molar-refractivity contribution in [3.8, 4) is 0 Å². The molecule has 0 N–H and O–H groups in total. The van der Waals surface area contributed by atoms with Crippen molar-refractivity contribution >= 4 is 42.8 Å². The van der Waals surface area contributed by atoms with Crippen LogP contribution in [0, 0.1) is 0 Å². The van der Waals surface area contributed by atoms with Gasteiger partial charge in [0.25, 0.3) is 0 Å². The minimum Gasteiger partial charge on any atom is -0.346 e. The third-order valence-electron chi connectivity index (χ3n) is 2.81. The van der Waals surface area contributed by atoms with Crippen LogP contribution in [-0.4, -0.2) is 4.57 Å². The van der Waals surface area contributed by atoms with Gasteiger partial charge in [0, 0.05) is 27.1 Å². The highest BCUT2D eigenvalue weighted by molar-refractivity contribution is 9.11. The molecular weight excluding hydrogens is 306 g/mol. The molecule has 2 aromatic rings. The molecule has 0 aliphatic carbocycles. The van der Waals surface area contributed by atoms with E-state index in [-0.39, 0.29) is 0 Å². The summed E-state index contributed by atoms with van der Waals surface area (Å²) in [7, 11) is 0. The largest absolute Gasteiger partial charge is 0.346 e. The zero-order valence-corrected chi connectivity index (χ0v) is 10.7. The number of nitrogens with zero attached hydrogens (tertiary/aromatic N) is 1. The molecule has 2 heterocycles. The summed E-state index contributed by atoms with van der Waals surface area (Å²) in [5, 5.41) is 1.33. The van der Waals surface area contributed by atoms with Crippen LogP contribution in [0.3, 0.4) is 0 Å². The molecule has 1 nitrogen and oxygen atoms in total. The lowest BCUT2D eigenvalue weighted by Gasteiger charge is -2.15. The number of aromatic nitrogens is 1. The van der Waals surface area contributed by atoms with Crippen molar-refractivity contribution in [1.82, 2.24) is 4.57 Å². The van der Waals surface area contributed by atoms with Crippen LogP contribution in [0.2, 0.25) is 0 Å². The molecule has 3 rings (SSSR count). The summed E-state index contributed by atoms with van der Waals surface area (Å²) in [4.78, 5) is 0. The molecule has 1 aliphatic heterocycles. The fourth-order valence-corrected chi connectivity index (χ4v) is 3.31. The molecule has 0 bridgehead atoms. The van der Waals surface area contributed by atoms with Crippen molar-refractivity contribution < 1.29 is 0 Å². The van der Waals surface area contributed by atoms with Gasteiger partial charge in [-0.1, -0.05) is 15.9 Å². The second-order valence-electron chi connectivity index (χ2n) is 3.74. The minimum absolute atomic E-state index is 1.15. The van der Waals surface area contributed by atoms with E-state index in [2.05, 4.69) is 54.8 Å². The Bertz CT molecular complexity index is 513. The van der Waals surface area contributed by atoms with Crippen molar-refractivity contribution in [3.05, 3.63) is 32.8 Å². The van der Waals surface area contributed by atoms with Crippen LogP contribution in [0.5, 0.6) is 0 Å². The van der Waals surface area contributed by atoms with E-state index in [0.717, 1.165) is 6.54 Å². The van der Waals surface area contributed by atoms with Gasteiger partial charge in [0.15, 0.2) is 0 Å². The lowest BCUT2D eigenvalue weighted by molar-refractivity contribution is 0.635. The summed E-state index contributed by atoms with van der Waals surface area (Å²) < 4.78 is 4.74. The van der Waals surface area contributed by atoms with Crippen molar-refractivity contribution in [2.45, 2.75) is 19.4 Å².